The fraction of sp³-hybridized carbons (Fsp3) is 0.455. The fourth-order valence-corrected chi connectivity index (χ4v) is 1.81. The molecular weight excluding hydrogens is 190 g/mol. The summed E-state index contributed by atoms with van der Waals surface area (Å²) in [5.41, 5.74) is 0.413. The zero-order valence-corrected chi connectivity index (χ0v) is 8.70. The largest absolute Gasteiger partial charge is 0.342 e. The molecule has 4 heteroatoms. The van der Waals surface area contributed by atoms with Gasteiger partial charge in [-0.2, -0.15) is 0 Å². The van der Waals surface area contributed by atoms with Crippen LogP contribution in [0.4, 0.5) is 5.95 Å². The monoisotopic (exact) mass is 205 g/mol. The second-order valence-corrected chi connectivity index (χ2v) is 3.74. The number of rotatable bonds is 2. The number of anilines is 1. The third-order valence-corrected chi connectivity index (χ3v) is 2.69. The van der Waals surface area contributed by atoms with Gasteiger partial charge in [0.05, 0.1) is 5.56 Å². The molecule has 80 valence electrons. The first kappa shape index (κ1) is 9.96. The van der Waals surface area contributed by atoms with E-state index in [2.05, 4.69) is 21.4 Å². The highest BCUT2D eigenvalue weighted by atomic mass is 16.1. The Morgan fingerprint density at radius 2 is 2.13 bits per heavy atom. The standard InChI is InChI=1S/C11H15N3O/c1-2-9-8-12-11(13-10(9)15)14-6-4-3-5-7-14/h2,8H,1,3-7H2,(H,12,13,15). The van der Waals surface area contributed by atoms with Crippen molar-refractivity contribution in [2.45, 2.75) is 19.3 Å². The van der Waals surface area contributed by atoms with Gasteiger partial charge in [0, 0.05) is 19.3 Å². The number of piperidine rings is 1. The van der Waals surface area contributed by atoms with Crippen molar-refractivity contribution in [3.63, 3.8) is 0 Å². The van der Waals surface area contributed by atoms with Crippen molar-refractivity contribution in [3.8, 4) is 0 Å². The van der Waals surface area contributed by atoms with Gasteiger partial charge < -0.3 is 4.90 Å². The molecule has 0 amide bonds. The van der Waals surface area contributed by atoms with Crippen molar-refractivity contribution in [2.24, 2.45) is 0 Å². The highest BCUT2D eigenvalue weighted by Crippen LogP contribution is 2.13. The van der Waals surface area contributed by atoms with E-state index in [0.29, 0.717) is 11.5 Å². The summed E-state index contributed by atoms with van der Waals surface area (Å²) in [5, 5.41) is 0. The van der Waals surface area contributed by atoms with Gasteiger partial charge in [-0.3, -0.25) is 9.78 Å². The number of nitrogens with zero attached hydrogens (tertiary/aromatic N) is 2. The zero-order chi connectivity index (χ0) is 10.7. The Balaban J connectivity index is 2.25. The SMILES string of the molecule is C=Cc1cnc(N2CCCCC2)[nH]c1=O. The molecular formula is C11H15N3O. The topological polar surface area (TPSA) is 49.0 Å². The van der Waals surface area contributed by atoms with Gasteiger partial charge in [0.1, 0.15) is 0 Å². The summed E-state index contributed by atoms with van der Waals surface area (Å²) in [6.45, 7) is 5.53. The van der Waals surface area contributed by atoms with E-state index < -0.39 is 0 Å². The third kappa shape index (κ3) is 2.09. The summed E-state index contributed by atoms with van der Waals surface area (Å²) in [4.78, 5) is 20.7. The van der Waals surface area contributed by atoms with Crippen LogP contribution in [-0.2, 0) is 0 Å². The quantitative estimate of drug-likeness (QED) is 0.794. The van der Waals surface area contributed by atoms with Gasteiger partial charge in [-0.25, -0.2) is 4.98 Å². The number of aromatic nitrogens is 2. The minimum Gasteiger partial charge on any atom is -0.342 e. The molecule has 2 heterocycles. The van der Waals surface area contributed by atoms with Crippen LogP contribution in [0.3, 0.4) is 0 Å². The van der Waals surface area contributed by atoms with Gasteiger partial charge in [-0.1, -0.05) is 12.7 Å². The molecule has 0 aliphatic carbocycles. The molecule has 0 aromatic carbocycles. The molecule has 0 saturated carbocycles. The molecule has 0 radical (unpaired) electrons. The van der Waals surface area contributed by atoms with Gasteiger partial charge in [-0.05, 0) is 19.3 Å². The van der Waals surface area contributed by atoms with Gasteiger partial charge in [0.2, 0.25) is 5.95 Å². The van der Waals surface area contributed by atoms with E-state index >= 15 is 0 Å². The maximum Gasteiger partial charge on any atom is 0.259 e. The highest BCUT2D eigenvalue weighted by Gasteiger charge is 2.12. The van der Waals surface area contributed by atoms with E-state index in [0.717, 1.165) is 13.1 Å². The van der Waals surface area contributed by atoms with Crippen molar-refractivity contribution in [2.75, 3.05) is 18.0 Å². The molecule has 0 atom stereocenters. The normalized spacial score (nSPS) is 16.4. The number of aromatic amines is 1. The first-order valence-electron chi connectivity index (χ1n) is 5.28. The van der Waals surface area contributed by atoms with Crippen molar-refractivity contribution in [1.29, 1.82) is 0 Å². The van der Waals surface area contributed by atoms with Gasteiger partial charge in [0.15, 0.2) is 0 Å². The highest BCUT2D eigenvalue weighted by molar-refractivity contribution is 5.45. The number of hydrogen-bond donors (Lipinski definition) is 1. The van der Waals surface area contributed by atoms with Crippen LogP contribution >= 0.6 is 0 Å². The molecule has 1 aliphatic rings. The Kier molecular flexibility index (Phi) is 2.85. The summed E-state index contributed by atoms with van der Waals surface area (Å²) in [7, 11) is 0. The van der Waals surface area contributed by atoms with Crippen molar-refractivity contribution >= 4 is 12.0 Å². The maximum atomic E-state index is 11.5. The molecule has 0 unspecified atom stereocenters. The fourth-order valence-electron chi connectivity index (χ4n) is 1.81. The van der Waals surface area contributed by atoms with E-state index in [1.807, 2.05) is 0 Å². The van der Waals surface area contributed by atoms with E-state index in [9.17, 15) is 4.79 Å². The number of H-pyrrole nitrogens is 1. The molecule has 0 bridgehead atoms. The summed E-state index contributed by atoms with van der Waals surface area (Å²) < 4.78 is 0. The number of nitrogens with one attached hydrogen (secondary N) is 1. The molecule has 1 N–H and O–H groups in total. The van der Waals surface area contributed by atoms with E-state index in [1.54, 1.807) is 6.20 Å². The van der Waals surface area contributed by atoms with Crippen LogP contribution in [-0.4, -0.2) is 23.1 Å². The van der Waals surface area contributed by atoms with E-state index in [-0.39, 0.29) is 5.56 Å². The summed E-state index contributed by atoms with van der Waals surface area (Å²) >= 11 is 0. The van der Waals surface area contributed by atoms with Gasteiger partial charge in [-0.15, -0.1) is 0 Å². The predicted octanol–water partition coefficient (Wildman–Crippen LogP) is 1.40. The van der Waals surface area contributed by atoms with Crippen LogP contribution in [0, 0.1) is 0 Å². The lowest BCUT2D eigenvalue weighted by Gasteiger charge is -2.26. The lowest BCUT2D eigenvalue weighted by molar-refractivity contribution is 0.567. The Labute approximate surface area is 88.7 Å². The van der Waals surface area contributed by atoms with Crippen molar-refractivity contribution in [1.82, 2.24) is 9.97 Å². The molecule has 0 spiro atoms. The average Bonchev–Trinajstić information content (AvgIpc) is 2.30. The van der Waals surface area contributed by atoms with Crippen LogP contribution in [0.25, 0.3) is 6.08 Å². The second kappa shape index (κ2) is 4.29. The van der Waals surface area contributed by atoms with Crippen LogP contribution in [0.1, 0.15) is 24.8 Å². The summed E-state index contributed by atoms with van der Waals surface area (Å²) in [5.74, 6) is 0.685. The van der Waals surface area contributed by atoms with E-state index in [4.69, 9.17) is 0 Å². The smallest absolute Gasteiger partial charge is 0.259 e. The minimum absolute atomic E-state index is 0.111. The lowest BCUT2D eigenvalue weighted by Crippen LogP contribution is -2.32. The van der Waals surface area contributed by atoms with Crippen LogP contribution in [0.15, 0.2) is 17.6 Å². The Hall–Kier alpha value is -1.58. The molecule has 1 aromatic rings. The summed E-state index contributed by atoms with van der Waals surface area (Å²) in [6.07, 6.45) is 6.72. The Morgan fingerprint density at radius 1 is 1.40 bits per heavy atom. The molecule has 1 aromatic heterocycles. The molecule has 4 nitrogen and oxygen atoms in total. The zero-order valence-electron chi connectivity index (χ0n) is 8.70. The molecule has 2 rings (SSSR count). The molecule has 15 heavy (non-hydrogen) atoms. The molecule has 1 saturated heterocycles. The molecule has 1 aliphatic heterocycles. The van der Waals surface area contributed by atoms with Crippen LogP contribution < -0.4 is 10.5 Å². The number of hydrogen-bond acceptors (Lipinski definition) is 3. The first-order valence-corrected chi connectivity index (χ1v) is 5.28. The minimum atomic E-state index is -0.111. The van der Waals surface area contributed by atoms with Gasteiger partial charge in [0.25, 0.3) is 5.56 Å². The summed E-state index contributed by atoms with van der Waals surface area (Å²) in [6, 6.07) is 0. The van der Waals surface area contributed by atoms with Crippen molar-refractivity contribution in [3.05, 3.63) is 28.7 Å². The Bertz CT molecular complexity index is 405. The van der Waals surface area contributed by atoms with Crippen LogP contribution in [0.5, 0.6) is 0 Å². The average molecular weight is 205 g/mol. The maximum absolute atomic E-state index is 11.5. The lowest BCUT2D eigenvalue weighted by atomic mass is 10.1. The van der Waals surface area contributed by atoms with E-state index in [1.165, 1.54) is 25.3 Å². The molecule has 1 fully saturated rings. The predicted molar refractivity (Wildman–Crippen MR) is 61.0 cm³/mol. The van der Waals surface area contributed by atoms with Crippen molar-refractivity contribution < 1.29 is 0 Å². The first-order chi connectivity index (χ1) is 7.31. The second-order valence-electron chi connectivity index (χ2n) is 3.74. The Morgan fingerprint density at radius 3 is 2.73 bits per heavy atom. The van der Waals surface area contributed by atoms with Gasteiger partial charge >= 0.3 is 0 Å². The third-order valence-electron chi connectivity index (χ3n) is 2.69. The van der Waals surface area contributed by atoms with Crippen LogP contribution in [0.2, 0.25) is 0 Å².